The second-order valence-corrected chi connectivity index (χ2v) is 9.20. The van der Waals surface area contributed by atoms with E-state index in [2.05, 4.69) is 5.10 Å². The number of hydrazone groups is 1. The number of amides is 2. The number of carboxylic acid groups (broad SMARTS) is 1. The van der Waals surface area contributed by atoms with Crippen molar-refractivity contribution < 1.29 is 29.0 Å². The van der Waals surface area contributed by atoms with Crippen LogP contribution in [-0.2, 0) is 16.2 Å². The van der Waals surface area contributed by atoms with E-state index < -0.39 is 5.97 Å². The van der Waals surface area contributed by atoms with Gasteiger partial charge in [0.2, 0.25) is 0 Å². The maximum absolute atomic E-state index is 12.8. The summed E-state index contributed by atoms with van der Waals surface area (Å²) in [5, 5.41) is 14.6. The number of imide groups is 1. The van der Waals surface area contributed by atoms with Crippen LogP contribution in [0.3, 0.4) is 0 Å². The van der Waals surface area contributed by atoms with Crippen molar-refractivity contribution in [3.05, 3.63) is 70.3 Å². The summed E-state index contributed by atoms with van der Waals surface area (Å²) in [4.78, 5) is 36.9. The Morgan fingerprint density at radius 1 is 1.14 bits per heavy atom. The van der Waals surface area contributed by atoms with Gasteiger partial charge >= 0.3 is 5.97 Å². The number of hydrogen-bond donors (Lipinski definition) is 1. The van der Waals surface area contributed by atoms with E-state index in [0.717, 1.165) is 11.4 Å². The van der Waals surface area contributed by atoms with Crippen molar-refractivity contribution in [1.29, 1.82) is 0 Å². The van der Waals surface area contributed by atoms with Crippen molar-refractivity contribution in [1.82, 2.24) is 5.01 Å². The molecule has 0 aromatic heterocycles. The summed E-state index contributed by atoms with van der Waals surface area (Å²) in [5.74, 6) is -1.25. The van der Waals surface area contributed by atoms with Crippen LogP contribution in [0.25, 0.3) is 0 Å². The molecule has 0 spiro atoms. The number of halogens is 1. The smallest absolute Gasteiger partial charge is 0.335 e. The Labute approximate surface area is 206 Å². The second kappa shape index (κ2) is 9.19. The van der Waals surface area contributed by atoms with Crippen molar-refractivity contribution in [3.8, 4) is 11.5 Å². The minimum absolute atomic E-state index is 0.0876. The van der Waals surface area contributed by atoms with Gasteiger partial charge < -0.3 is 14.6 Å². The van der Waals surface area contributed by atoms with E-state index in [4.69, 9.17) is 21.1 Å². The lowest BCUT2D eigenvalue weighted by atomic mass is 9.85. The van der Waals surface area contributed by atoms with Gasteiger partial charge in [0.15, 0.2) is 11.5 Å². The molecule has 2 aliphatic carbocycles. The summed E-state index contributed by atoms with van der Waals surface area (Å²) in [5.41, 5.74) is 1.36. The molecular weight excluding hydrogens is 472 g/mol. The van der Waals surface area contributed by atoms with Crippen LogP contribution in [0.2, 0.25) is 5.02 Å². The molecule has 180 valence electrons. The lowest BCUT2D eigenvalue weighted by molar-refractivity contribution is -0.140. The Balaban J connectivity index is 1.34. The maximum atomic E-state index is 12.8. The van der Waals surface area contributed by atoms with E-state index in [9.17, 15) is 19.5 Å². The SMILES string of the molecule is CCOc1cc(C=NN2C(=O)C3C4C=CC(C4)C3C2=O)cc(Cl)c1OCc1cccc(C(=O)O)c1. The first kappa shape index (κ1) is 23.1. The second-order valence-electron chi connectivity index (χ2n) is 8.79. The predicted molar refractivity (Wildman–Crippen MR) is 128 cm³/mol. The fourth-order valence-electron chi connectivity index (χ4n) is 5.14. The maximum Gasteiger partial charge on any atom is 0.335 e. The Morgan fingerprint density at radius 2 is 1.86 bits per heavy atom. The summed E-state index contributed by atoms with van der Waals surface area (Å²) in [7, 11) is 0. The molecule has 1 aliphatic heterocycles. The molecule has 3 aliphatic rings. The van der Waals surface area contributed by atoms with Crippen LogP contribution in [0, 0.1) is 23.7 Å². The van der Waals surface area contributed by atoms with E-state index in [0.29, 0.717) is 29.2 Å². The monoisotopic (exact) mass is 494 g/mol. The van der Waals surface area contributed by atoms with Gasteiger partial charge in [-0.3, -0.25) is 9.59 Å². The summed E-state index contributed by atoms with van der Waals surface area (Å²) in [6.07, 6.45) is 6.35. The highest BCUT2D eigenvalue weighted by atomic mass is 35.5. The van der Waals surface area contributed by atoms with Gasteiger partial charge in [-0.15, -0.1) is 0 Å². The number of benzene rings is 2. The standard InChI is InChI=1S/C26H23ClN2O6/c1-2-34-20-10-15(9-19(27)23(20)35-13-14-4-3-5-18(8-14)26(32)33)12-28-29-24(30)21-16-6-7-17(11-16)22(21)25(29)31/h3-10,12,16-17,21-22H,2,11,13H2,1H3,(H,32,33). The van der Waals surface area contributed by atoms with Gasteiger partial charge in [-0.1, -0.05) is 35.9 Å². The van der Waals surface area contributed by atoms with Crippen LogP contribution in [0.1, 0.15) is 34.8 Å². The zero-order valence-corrected chi connectivity index (χ0v) is 19.6. The zero-order chi connectivity index (χ0) is 24.7. The third kappa shape index (κ3) is 4.18. The van der Waals surface area contributed by atoms with Crippen molar-refractivity contribution in [3.63, 3.8) is 0 Å². The first-order chi connectivity index (χ1) is 16.9. The Kier molecular flexibility index (Phi) is 6.06. The van der Waals surface area contributed by atoms with Crippen LogP contribution in [0.4, 0.5) is 0 Å². The molecule has 1 saturated carbocycles. The number of aromatic carboxylic acids is 1. The summed E-state index contributed by atoms with van der Waals surface area (Å²) in [6.45, 7) is 2.26. The molecular formula is C26H23ClN2O6. The van der Waals surface area contributed by atoms with E-state index >= 15 is 0 Å². The van der Waals surface area contributed by atoms with Crippen LogP contribution in [-0.4, -0.2) is 40.7 Å². The summed E-state index contributed by atoms with van der Waals surface area (Å²) < 4.78 is 11.6. The fourth-order valence-corrected chi connectivity index (χ4v) is 5.41. The van der Waals surface area contributed by atoms with Gasteiger partial charge in [0.1, 0.15) is 6.61 Å². The van der Waals surface area contributed by atoms with E-state index in [1.807, 2.05) is 19.1 Å². The number of rotatable bonds is 8. The fraction of sp³-hybridized carbons (Fsp3) is 0.308. The van der Waals surface area contributed by atoms with Crippen LogP contribution >= 0.6 is 11.6 Å². The number of fused-ring (bicyclic) bond motifs is 5. The van der Waals surface area contributed by atoms with E-state index in [-0.39, 0.29) is 52.7 Å². The molecule has 4 unspecified atom stereocenters. The summed E-state index contributed by atoms with van der Waals surface area (Å²) >= 11 is 6.48. The first-order valence-corrected chi connectivity index (χ1v) is 11.8. The van der Waals surface area contributed by atoms with E-state index in [1.54, 1.807) is 24.3 Å². The summed E-state index contributed by atoms with van der Waals surface area (Å²) in [6, 6.07) is 9.70. The molecule has 8 nitrogen and oxygen atoms in total. The molecule has 2 aromatic carbocycles. The molecule has 2 bridgehead atoms. The lowest BCUT2D eigenvalue weighted by Gasteiger charge is -2.15. The zero-order valence-electron chi connectivity index (χ0n) is 18.9. The average Bonchev–Trinajstić information content (AvgIpc) is 3.52. The van der Waals surface area contributed by atoms with E-state index in [1.165, 1.54) is 18.3 Å². The molecule has 9 heteroatoms. The molecule has 1 saturated heterocycles. The van der Waals surface area contributed by atoms with Crippen molar-refractivity contribution in [2.24, 2.45) is 28.8 Å². The number of carbonyl (C=O) groups is 3. The van der Waals surface area contributed by atoms with Crippen molar-refractivity contribution >= 4 is 35.6 Å². The number of ether oxygens (including phenoxy) is 2. The number of hydrogen-bond acceptors (Lipinski definition) is 6. The van der Waals surface area contributed by atoms with Gasteiger partial charge in [-0.05, 0) is 60.6 Å². The highest BCUT2D eigenvalue weighted by Crippen LogP contribution is 2.52. The molecule has 1 heterocycles. The normalized spacial score (nSPS) is 24.5. The molecule has 5 rings (SSSR count). The van der Waals surface area contributed by atoms with Crippen LogP contribution < -0.4 is 9.47 Å². The molecule has 2 fully saturated rings. The predicted octanol–water partition coefficient (Wildman–Crippen LogP) is 4.16. The Morgan fingerprint density at radius 3 is 2.51 bits per heavy atom. The van der Waals surface area contributed by atoms with Gasteiger partial charge in [-0.25, -0.2) is 4.79 Å². The average molecular weight is 495 g/mol. The molecule has 2 amide bonds. The molecule has 2 aromatic rings. The topological polar surface area (TPSA) is 106 Å². The highest BCUT2D eigenvalue weighted by molar-refractivity contribution is 6.32. The largest absolute Gasteiger partial charge is 0.490 e. The third-order valence-electron chi connectivity index (χ3n) is 6.66. The number of carboxylic acids is 1. The molecule has 0 radical (unpaired) electrons. The van der Waals surface area contributed by atoms with Crippen LogP contribution in [0.5, 0.6) is 11.5 Å². The number of nitrogens with zero attached hydrogens (tertiary/aromatic N) is 2. The highest BCUT2D eigenvalue weighted by Gasteiger charge is 2.59. The number of allylic oxidation sites excluding steroid dienone is 2. The molecule has 1 N–H and O–H groups in total. The molecule has 4 atom stereocenters. The third-order valence-corrected chi connectivity index (χ3v) is 6.94. The quantitative estimate of drug-likeness (QED) is 0.335. The number of carbonyl (C=O) groups excluding carboxylic acids is 2. The van der Waals surface area contributed by atoms with Gasteiger partial charge in [0.25, 0.3) is 11.8 Å². The Bertz CT molecular complexity index is 1240. The lowest BCUT2D eigenvalue weighted by Crippen LogP contribution is -2.28. The van der Waals surface area contributed by atoms with Gasteiger partial charge in [0.05, 0.1) is 35.2 Å². The minimum Gasteiger partial charge on any atom is -0.490 e. The van der Waals surface area contributed by atoms with Gasteiger partial charge in [0, 0.05) is 0 Å². The van der Waals surface area contributed by atoms with Crippen LogP contribution in [0.15, 0.2) is 53.7 Å². The van der Waals surface area contributed by atoms with Crippen molar-refractivity contribution in [2.45, 2.75) is 20.0 Å². The molecule has 35 heavy (non-hydrogen) atoms. The van der Waals surface area contributed by atoms with Crippen molar-refractivity contribution in [2.75, 3.05) is 6.61 Å². The Hall–Kier alpha value is -3.65. The first-order valence-electron chi connectivity index (χ1n) is 11.4. The minimum atomic E-state index is -1.02. The van der Waals surface area contributed by atoms with Gasteiger partial charge in [-0.2, -0.15) is 10.1 Å².